The Morgan fingerprint density at radius 3 is 2.34 bits per heavy atom. The summed E-state index contributed by atoms with van der Waals surface area (Å²) in [5.41, 5.74) is 7.57. The van der Waals surface area contributed by atoms with Crippen LogP contribution in [0.2, 0.25) is 5.02 Å². The molecular weight excluding hydrogens is 441 g/mol. The number of primary amides is 1. The molecule has 5 N–H and O–H groups in total. The lowest BCUT2D eigenvalue weighted by atomic mass is 9.96. The van der Waals surface area contributed by atoms with Crippen LogP contribution in [-0.2, 0) is 16.6 Å². The van der Waals surface area contributed by atoms with E-state index < -0.39 is 21.9 Å². The molecule has 1 heterocycles. The van der Waals surface area contributed by atoms with E-state index in [1.807, 2.05) is 0 Å². The van der Waals surface area contributed by atoms with Crippen LogP contribution in [-0.4, -0.2) is 24.7 Å². The molecule has 0 spiro atoms. The quantitative estimate of drug-likeness (QED) is 0.399. The molecule has 29 heavy (non-hydrogen) atoms. The van der Waals surface area contributed by atoms with Crippen molar-refractivity contribution >= 4 is 39.0 Å². The second-order valence-electron chi connectivity index (χ2n) is 6.04. The fourth-order valence-corrected chi connectivity index (χ4v) is 4.49. The van der Waals surface area contributed by atoms with Gasteiger partial charge < -0.3 is 5.73 Å². The minimum absolute atomic E-state index is 0.0432. The van der Waals surface area contributed by atoms with Gasteiger partial charge in [-0.05, 0) is 40.8 Å². The van der Waals surface area contributed by atoms with Gasteiger partial charge >= 0.3 is 6.03 Å². The summed E-state index contributed by atoms with van der Waals surface area (Å²) in [5.74, 6) is -0.591. The summed E-state index contributed by atoms with van der Waals surface area (Å²) in [7, 11) is -3.84. The highest BCUT2D eigenvalue weighted by Crippen LogP contribution is 2.41. The summed E-state index contributed by atoms with van der Waals surface area (Å²) in [6, 6.07) is 9.00. The summed E-state index contributed by atoms with van der Waals surface area (Å²) in [4.78, 5) is 11.7. The van der Waals surface area contributed by atoms with E-state index in [0.29, 0.717) is 32.2 Å². The standard InChI is InChI=1S/C18H15ClFN3O4S2/c19-14-7-11(3-6-15(14)20)17-13(9-28-16(17)8-23(25)18(21)24)10-1-4-12(5-2-10)29(22,26)27/h1-7,9,25H,8H2,(H2,21,24)(H2,22,26,27). The number of sulfonamides is 1. The molecule has 7 nitrogen and oxygen atoms in total. The summed E-state index contributed by atoms with van der Waals surface area (Å²) in [5, 5.41) is 16.9. The van der Waals surface area contributed by atoms with E-state index >= 15 is 0 Å². The van der Waals surface area contributed by atoms with Crippen LogP contribution in [0.25, 0.3) is 22.3 Å². The number of halogens is 2. The number of carbonyl (C=O) groups is 1. The monoisotopic (exact) mass is 455 g/mol. The second-order valence-corrected chi connectivity index (χ2v) is 8.97. The van der Waals surface area contributed by atoms with Crippen LogP contribution in [0.4, 0.5) is 9.18 Å². The first-order chi connectivity index (χ1) is 13.6. The lowest BCUT2D eigenvalue weighted by Crippen LogP contribution is -2.31. The molecule has 1 aromatic heterocycles. The zero-order valence-corrected chi connectivity index (χ0v) is 17.1. The van der Waals surface area contributed by atoms with E-state index in [0.717, 1.165) is 0 Å². The number of urea groups is 1. The van der Waals surface area contributed by atoms with Crippen molar-refractivity contribution < 1.29 is 22.8 Å². The van der Waals surface area contributed by atoms with E-state index in [9.17, 15) is 22.8 Å². The fraction of sp³-hybridized carbons (Fsp3) is 0.0556. The molecule has 0 aliphatic rings. The fourth-order valence-electron chi connectivity index (χ4n) is 2.73. The third-order valence-electron chi connectivity index (χ3n) is 4.12. The number of primary sulfonamides is 1. The lowest BCUT2D eigenvalue weighted by molar-refractivity contribution is -0.0461. The highest BCUT2D eigenvalue weighted by Gasteiger charge is 2.20. The van der Waals surface area contributed by atoms with Crippen LogP contribution in [0.3, 0.4) is 0 Å². The molecule has 152 valence electrons. The first-order valence-electron chi connectivity index (χ1n) is 8.03. The zero-order chi connectivity index (χ0) is 21.3. The molecule has 0 saturated heterocycles. The number of rotatable bonds is 5. The number of amides is 2. The Bertz CT molecular complexity index is 1180. The van der Waals surface area contributed by atoms with Crippen molar-refractivity contribution in [3.63, 3.8) is 0 Å². The number of nitrogens with zero attached hydrogens (tertiary/aromatic N) is 1. The number of hydrogen-bond donors (Lipinski definition) is 3. The molecule has 0 aliphatic carbocycles. The van der Waals surface area contributed by atoms with Gasteiger partial charge in [-0.1, -0.05) is 29.8 Å². The van der Waals surface area contributed by atoms with Gasteiger partial charge in [0.15, 0.2) is 0 Å². The van der Waals surface area contributed by atoms with E-state index in [4.69, 9.17) is 22.5 Å². The molecule has 0 atom stereocenters. The van der Waals surface area contributed by atoms with Crippen LogP contribution >= 0.6 is 22.9 Å². The molecule has 3 rings (SSSR count). The average molecular weight is 456 g/mol. The van der Waals surface area contributed by atoms with Gasteiger partial charge in [-0.3, -0.25) is 5.21 Å². The number of nitrogens with two attached hydrogens (primary N) is 2. The molecule has 11 heteroatoms. The Kier molecular flexibility index (Phi) is 5.92. The van der Waals surface area contributed by atoms with Crippen LogP contribution in [0.5, 0.6) is 0 Å². The highest BCUT2D eigenvalue weighted by molar-refractivity contribution is 7.89. The Morgan fingerprint density at radius 1 is 1.17 bits per heavy atom. The molecule has 0 aliphatic heterocycles. The maximum Gasteiger partial charge on any atom is 0.338 e. The number of benzene rings is 2. The first-order valence-corrected chi connectivity index (χ1v) is 10.8. The third-order valence-corrected chi connectivity index (χ3v) is 6.31. The lowest BCUT2D eigenvalue weighted by Gasteiger charge is -2.14. The van der Waals surface area contributed by atoms with Gasteiger partial charge in [0.2, 0.25) is 10.0 Å². The van der Waals surface area contributed by atoms with Crippen LogP contribution < -0.4 is 10.9 Å². The predicted octanol–water partition coefficient (Wildman–Crippen LogP) is 3.79. The molecule has 2 aromatic carbocycles. The average Bonchev–Trinajstić information content (AvgIpc) is 3.06. The van der Waals surface area contributed by atoms with Crippen molar-refractivity contribution in [3.05, 3.63) is 63.6 Å². The number of thiophene rings is 1. The van der Waals surface area contributed by atoms with Gasteiger partial charge in [0.25, 0.3) is 0 Å². The van der Waals surface area contributed by atoms with E-state index in [2.05, 4.69) is 0 Å². The zero-order valence-electron chi connectivity index (χ0n) is 14.7. The SMILES string of the molecule is NC(=O)N(O)Cc1scc(-c2ccc(S(N)(=O)=O)cc2)c1-c1ccc(F)c(Cl)c1. The van der Waals surface area contributed by atoms with Gasteiger partial charge in [-0.25, -0.2) is 27.8 Å². The van der Waals surface area contributed by atoms with Crippen molar-refractivity contribution in [1.82, 2.24) is 5.06 Å². The number of hydroxylamine groups is 2. The minimum Gasteiger partial charge on any atom is -0.350 e. The van der Waals surface area contributed by atoms with Crippen LogP contribution in [0, 0.1) is 5.82 Å². The maximum atomic E-state index is 13.6. The van der Waals surface area contributed by atoms with Gasteiger partial charge in [-0.15, -0.1) is 11.3 Å². The molecule has 0 unspecified atom stereocenters. The van der Waals surface area contributed by atoms with Crippen molar-refractivity contribution in [2.24, 2.45) is 10.9 Å². The molecular formula is C18H15ClFN3O4S2. The van der Waals surface area contributed by atoms with E-state index in [1.54, 1.807) is 17.5 Å². The van der Waals surface area contributed by atoms with Crippen molar-refractivity contribution in [2.75, 3.05) is 0 Å². The molecule has 0 fully saturated rings. The molecule has 0 bridgehead atoms. The van der Waals surface area contributed by atoms with Gasteiger partial charge in [0, 0.05) is 16.0 Å². The summed E-state index contributed by atoms with van der Waals surface area (Å²) in [6.07, 6.45) is 0. The molecule has 3 aromatic rings. The van der Waals surface area contributed by atoms with Gasteiger partial charge in [0.1, 0.15) is 5.82 Å². The summed E-state index contributed by atoms with van der Waals surface area (Å²) >= 11 is 7.16. The van der Waals surface area contributed by atoms with E-state index in [-0.39, 0.29) is 16.5 Å². The minimum atomic E-state index is -3.84. The van der Waals surface area contributed by atoms with E-state index in [1.165, 1.54) is 41.7 Å². The number of carbonyl (C=O) groups excluding carboxylic acids is 1. The van der Waals surface area contributed by atoms with Gasteiger partial charge in [-0.2, -0.15) is 0 Å². The Labute approximate surface area is 174 Å². The predicted molar refractivity (Wildman–Crippen MR) is 108 cm³/mol. The van der Waals surface area contributed by atoms with Crippen LogP contribution in [0.1, 0.15) is 4.88 Å². The summed E-state index contributed by atoms with van der Waals surface area (Å²) in [6.45, 7) is -0.195. The van der Waals surface area contributed by atoms with Crippen molar-refractivity contribution in [3.8, 4) is 22.3 Å². The molecule has 2 amide bonds. The topological polar surface area (TPSA) is 127 Å². The number of hydrogen-bond acceptors (Lipinski definition) is 5. The molecule has 0 radical (unpaired) electrons. The Balaban J connectivity index is 2.15. The Morgan fingerprint density at radius 2 is 1.79 bits per heavy atom. The smallest absolute Gasteiger partial charge is 0.338 e. The maximum absolute atomic E-state index is 13.6. The third kappa shape index (κ3) is 4.57. The largest absolute Gasteiger partial charge is 0.350 e. The van der Waals surface area contributed by atoms with Crippen LogP contribution in [0.15, 0.2) is 52.7 Å². The molecule has 0 saturated carbocycles. The van der Waals surface area contributed by atoms with Gasteiger partial charge in [0.05, 0.1) is 16.5 Å². The summed E-state index contributed by atoms with van der Waals surface area (Å²) < 4.78 is 36.6. The second kappa shape index (κ2) is 8.09. The highest BCUT2D eigenvalue weighted by atomic mass is 35.5. The Hall–Kier alpha value is -2.50. The first kappa shape index (κ1) is 21.2. The van der Waals surface area contributed by atoms with Crippen molar-refractivity contribution in [1.29, 1.82) is 0 Å². The normalized spacial score (nSPS) is 11.4. The van der Waals surface area contributed by atoms with Crippen molar-refractivity contribution in [2.45, 2.75) is 11.4 Å².